The lowest BCUT2D eigenvalue weighted by Gasteiger charge is -1.96. The van der Waals surface area contributed by atoms with Gasteiger partial charge in [-0.3, -0.25) is 4.98 Å². The summed E-state index contributed by atoms with van der Waals surface area (Å²) in [6, 6.07) is 2.08. The van der Waals surface area contributed by atoms with E-state index in [1.807, 2.05) is 6.20 Å². The number of aryl methyl sites for hydroxylation is 2. The summed E-state index contributed by atoms with van der Waals surface area (Å²) in [4.78, 5) is 4.13. The maximum atomic E-state index is 4.13. The molecule has 0 aliphatic rings. The Labute approximate surface area is 68.6 Å². The number of hydrogen-bond acceptors (Lipinski definition) is 1. The van der Waals surface area contributed by atoms with E-state index in [0.717, 1.165) is 3.70 Å². The first kappa shape index (κ1) is 6.99. The van der Waals surface area contributed by atoms with Crippen LogP contribution in [0.4, 0.5) is 0 Å². The van der Waals surface area contributed by atoms with Crippen LogP contribution in [0.25, 0.3) is 0 Å². The van der Waals surface area contributed by atoms with Crippen LogP contribution in [0.1, 0.15) is 11.1 Å². The van der Waals surface area contributed by atoms with Crippen molar-refractivity contribution in [3.05, 3.63) is 27.1 Å². The average molecular weight is 233 g/mol. The molecular formula is C7H8IN. The smallest absolute Gasteiger partial charge is 0.101 e. The molecule has 2 heteroatoms. The van der Waals surface area contributed by atoms with Gasteiger partial charge in [-0.15, -0.1) is 0 Å². The standard InChI is InChI=1S/C7H8IN/c1-5-3-7(8)9-4-6(5)2/h3-4H,1-2H3. The van der Waals surface area contributed by atoms with Crippen molar-refractivity contribution in [3.8, 4) is 0 Å². The highest BCUT2D eigenvalue weighted by Gasteiger charge is 1.91. The van der Waals surface area contributed by atoms with Gasteiger partial charge in [-0.05, 0) is 53.6 Å². The molecule has 0 bridgehead atoms. The van der Waals surface area contributed by atoms with Crippen molar-refractivity contribution < 1.29 is 0 Å². The number of hydrogen-bond donors (Lipinski definition) is 0. The van der Waals surface area contributed by atoms with Crippen molar-refractivity contribution in [3.63, 3.8) is 0 Å². The first-order chi connectivity index (χ1) is 4.20. The van der Waals surface area contributed by atoms with Gasteiger partial charge < -0.3 is 0 Å². The minimum Gasteiger partial charge on any atom is -0.250 e. The molecule has 1 heterocycles. The quantitative estimate of drug-likeness (QED) is 0.495. The Hall–Kier alpha value is -0.120. The predicted molar refractivity (Wildman–Crippen MR) is 46.4 cm³/mol. The third-order valence-corrected chi connectivity index (χ3v) is 1.93. The molecule has 0 fully saturated rings. The SMILES string of the molecule is Cc1cnc(I)cc1C. The number of pyridine rings is 1. The maximum absolute atomic E-state index is 4.13. The molecule has 1 nitrogen and oxygen atoms in total. The van der Waals surface area contributed by atoms with Crippen LogP contribution in [0.2, 0.25) is 0 Å². The lowest BCUT2D eigenvalue weighted by Crippen LogP contribution is -1.84. The Morgan fingerprint density at radius 3 is 2.44 bits per heavy atom. The summed E-state index contributed by atoms with van der Waals surface area (Å²) in [5.74, 6) is 0. The topological polar surface area (TPSA) is 12.9 Å². The van der Waals surface area contributed by atoms with Gasteiger partial charge >= 0.3 is 0 Å². The molecule has 0 saturated carbocycles. The lowest BCUT2D eigenvalue weighted by molar-refractivity contribution is 1.18. The molecule has 0 aliphatic heterocycles. The van der Waals surface area contributed by atoms with E-state index in [1.165, 1.54) is 11.1 Å². The highest BCUT2D eigenvalue weighted by Crippen LogP contribution is 2.07. The Balaban J connectivity index is 3.17. The normalized spacial score (nSPS) is 9.67. The number of aromatic nitrogens is 1. The van der Waals surface area contributed by atoms with Crippen LogP contribution in [0, 0.1) is 17.5 Å². The Kier molecular flexibility index (Phi) is 2.05. The minimum atomic E-state index is 1.07. The van der Waals surface area contributed by atoms with E-state index in [4.69, 9.17) is 0 Å². The molecule has 0 amide bonds. The Bertz CT molecular complexity index is 220. The highest BCUT2D eigenvalue weighted by molar-refractivity contribution is 14.1. The van der Waals surface area contributed by atoms with Gasteiger partial charge in [0.25, 0.3) is 0 Å². The van der Waals surface area contributed by atoms with E-state index >= 15 is 0 Å². The number of halogens is 1. The van der Waals surface area contributed by atoms with E-state index in [-0.39, 0.29) is 0 Å². The molecule has 0 radical (unpaired) electrons. The Morgan fingerprint density at radius 1 is 1.33 bits per heavy atom. The summed E-state index contributed by atoms with van der Waals surface area (Å²) in [6.07, 6.45) is 1.90. The van der Waals surface area contributed by atoms with E-state index in [9.17, 15) is 0 Å². The monoisotopic (exact) mass is 233 g/mol. The predicted octanol–water partition coefficient (Wildman–Crippen LogP) is 2.30. The second-order valence-electron chi connectivity index (χ2n) is 2.09. The maximum Gasteiger partial charge on any atom is 0.101 e. The molecule has 48 valence electrons. The molecule has 0 aromatic carbocycles. The molecular weight excluding hydrogens is 225 g/mol. The fourth-order valence-electron chi connectivity index (χ4n) is 0.590. The van der Waals surface area contributed by atoms with Crippen molar-refractivity contribution in [1.29, 1.82) is 0 Å². The van der Waals surface area contributed by atoms with Gasteiger partial charge in [-0.2, -0.15) is 0 Å². The van der Waals surface area contributed by atoms with Gasteiger partial charge in [0.1, 0.15) is 3.70 Å². The molecule has 0 aliphatic carbocycles. The zero-order chi connectivity index (χ0) is 6.85. The van der Waals surface area contributed by atoms with Gasteiger partial charge in [0.05, 0.1) is 0 Å². The molecule has 0 N–H and O–H groups in total. The largest absolute Gasteiger partial charge is 0.250 e. The van der Waals surface area contributed by atoms with Crippen LogP contribution in [-0.2, 0) is 0 Å². The van der Waals surface area contributed by atoms with Crippen molar-refractivity contribution in [1.82, 2.24) is 4.98 Å². The van der Waals surface area contributed by atoms with Crippen LogP contribution >= 0.6 is 22.6 Å². The number of rotatable bonds is 0. The highest BCUT2D eigenvalue weighted by atomic mass is 127. The molecule has 0 spiro atoms. The summed E-state index contributed by atoms with van der Waals surface area (Å²) in [7, 11) is 0. The summed E-state index contributed by atoms with van der Waals surface area (Å²) >= 11 is 2.21. The van der Waals surface area contributed by atoms with Crippen molar-refractivity contribution in [2.75, 3.05) is 0 Å². The van der Waals surface area contributed by atoms with Gasteiger partial charge in [-0.25, -0.2) is 0 Å². The molecule has 9 heavy (non-hydrogen) atoms. The summed E-state index contributed by atoms with van der Waals surface area (Å²) < 4.78 is 1.07. The number of nitrogens with zero attached hydrogens (tertiary/aromatic N) is 1. The molecule has 0 atom stereocenters. The van der Waals surface area contributed by atoms with Crippen LogP contribution < -0.4 is 0 Å². The third kappa shape index (κ3) is 1.64. The fourth-order valence-corrected chi connectivity index (χ4v) is 1.20. The molecule has 0 saturated heterocycles. The molecule has 1 rings (SSSR count). The van der Waals surface area contributed by atoms with Crippen LogP contribution in [0.3, 0.4) is 0 Å². The first-order valence-corrected chi connectivity index (χ1v) is 3.87. The lowest BCUT2D eigenvalue weighted by atomic mass is 10.2. The van der Waals surface area contributed by atoms with E-state index in [2.05, 4.69) is 47.5 Å². The second-order valence-corrected chi connectivity index (χ2v) is 3.20. The second kappa shape index (κ2) is 2.64. The summed E-state index contributed by atoms with van der Waals surface area (Å²) in [6.45, 7) is 4.16. The van der Waals surface area contributed by atoms with Gasteiger partial charge in [0, 0.05) is 6.20 Å². The minimum absolute atomic E-state index is 1.07. The van der Waals surface area contributed by atoms with Crippen molar-refractivity contribution >= 4 is 22.6 Å². The average Bonchev–Trinajstić information content (AvgIpc) is 1.80. The van der Waals surface area contributed by atoms with Gasteiger partial charge in [-0.1, -0.05) is 0 Å². The van der Waals surface area contributed by atoms with Crippen LogP contribution in [-0.4, -0.2) is 4.98 Å². The van der Waals surface area contributed by atoms with E-state index in [1.54, 1.807) is 0 Å². The molecule has 0 unspecified atom stereocenters. The van der Waals surface area contributed by atoms with Crippen molar-refractivity contribution in [2.24, 2.45) is 0 Å². The van der Waals surface area contributed by atoms with Gasteiger partial charge in [0.2, 0.25) is 0 Å². The first-order valence-electron chi connectivity index (χ1n) is 2.79. The van der Waals surface area contributed by atoms with Crippen LogP contribution in [0.5, 0.6) is 0 Å². The van der Waals surface area contributed by atoms with Gasteiger partial charge in [0.15, 0.2) is 0 Å². The van der Waals surface area contributed by atoms with Crippen LogP contribution in [0.15, 0.2) is 12.3 Å². The zero-order valence-electron chi connectivity index (χ0n) is 5.48. The van der Waals surface area contributed by atoms with Crippen molar-refractivity contribution in [2.45, 2.75) is 13.8 Å². The third-order valence-electron chi connectivity index (χ3n) is 1.34. The zero-order valence-corrected chi connectivity index (χ0v) is 7.64. The summed E-state index contributed by atoms with van der Waals surface area (Å²) in [5, 5.41) is 0. The van der Waals surface area contributed by atoms with E-state index in [0.29, 0.717) is 0 Å². The Morgan fingerprint density at radius 2 is 2.00 bits per heavy atom. The summed E-state index contributed by atoms with van der Waals surface area (Å²) in [5.41, 5.74) is 2.57. The fraction of sp³-hybridized carbons (Fsp3) is 0.286. The van der Waals surface area contributed by atoms with E-state index < -0.39 is 0 Å². The molecule has 1 aromatic rings. The molecule has 1 aromatic heterocycles.